The predicted molar refractivity (Wildman–Crippen MR) is 45.9 cm³/mol. The zero-order valence-corrected chi connectivity index (χ0v) is 7.90. The van der Waals surface area contributed by atoms with Crippen LogP contribution in [0.5, 0.6) is 0 Å². The smallest absolute Gasteiger partial charge is 0.367 e. The lowest BCUT2D eigenvalue weighted by Gasteiger charge is -2.09. The first-order chi connectivity index (χ1) is 6.90. The number of hydrogen-bond donors (Lipinski definition) is 1. The summed E-state index contributed by atoms with van der Waals surface area (Å²) >= 11 is 0. The minimum atomic E-state index is -4.26. The quantitative estimate of drug-likeness (QED) is 0.799. The molecule has 0 atom stereocenters. The second-order valence-corrected chi connectivity index (χ2v) is 2.91. The highest BCUT2D eigenvalue weighted by molar-refractivity contribution is 5.36. The van der Waals surface area contributed by atoms with Crippen molar-refractivity contribution in [3.63, 3.8) is 0 Å². The number of aryl methyl sites for hydroxylation is 1. The topological polar surface area (TPSA) is 37.8 Å². The molecule has 0 aliphatic rings. The first kappa shape index (κ1) is 11.7. The highest BCUT2D eigenvalue weighted by atomic mass is 19.4. The minimum Gasteiger partial charge on any atom is -0.367 e. The first-order valence-corrected chi connectivity index (χ1v) is 4.18. The lowest BCUT2D eigenvalue weighted by Crippen LogP contribution is -2.16. The Morgan fingerprint density at radius 3 is 2.60 bits per heavy atom. The number of rotatable bonds is 3. The minimum absolute atomic E-state index is 0.0968. The van der Waals surface area contributed by atoms with E-state index >= 15 is 0 Å². The van der Waals surface area contributed by atoms with E-state index in [0.29, 0.717) is 0 Å². The van der Waals surface area contributed by atoms with E-state index in [4.69, 9.17) is 0 Å². The third kappa shape index (κ3) is 3.69. The average Bonchev–Trinajstić information content (AvgIpc) is 2.10. The number of alkyl halides is 3. The van der Waals surface area contributed by atoms with Gasteiger partial charge in [-0.25, -0.2) is 14.4 Å². The highest BCUT2D eigenvalue weighted by Crippen LogP contribution is 2.19. The number of aromatic nitrogens is 2. The van der Waals surface area contributed by atoms with Gasteiger partial charge in [-0.3, -0.25) is 0 Å². The van der Waals surface area contributed by atoms with E-state index < -0.39 is 25.0 Å². The fourth-order valence-corrected chi connectivity index (χ4v) is 0.904. The molecule has 0 aliphatic carbocycles. The van der Waals surface area contributed by atoms with Crippen LogP contribution in [0, 0.1) is 12.7 Å². The monoisotopic (exact) mass is 223 g/mol. The molecule has 1 N–H and O–H groups in total. The van der Waals surface area contributed by atoms with E-state index in [-0.39, 0.29) is 11.5 Å². The van der Waals surface area contributed by atoms with Crippen LogP contribution in [0.4, 0.5) is 23.4 Å². The van der Waals surface area contributed by atoms with Crippen LogP contribution in [0.1, 0.15) is 12.1 Å². The van der Waals surface area contributed by atoms with Gasteiger partial charge in [-0.15, -0.1) is 0 Å². The van der Waals surface area contributed by atoms with Gasteiger partial charge < -0.3 is 5.32 Å². The van der Waals surface area contributed by atoms with Crippen LogP contribution in [0.3, 0.4) is 0 Å². The van der Waals surface area contributed by atoms with Crippen molar-refractivity contribution in [3.05, 3.63) is 17.8 Å². The van der Waals surface area contributed by atoms with Crippen molar-refractivity contribution >= 4 is 5.82 Å². The molecular formula is C8H9F4N3. The van der Waals surface area contributed by atoms with Crippen molar-refractivity contribution in [2.45, 2.75) is 19.5 Å². The summed E-state index contributed by atoms with van der Waals surface area (Å²) in [7, 11) is 0. The summed E-state index contributed by atoms with van der Waals surface area (Å²) < 4.78 is 48.5. The standard InChI is InChI=1S/C8H9F4N3/c1-5-6(9)7(15-4-14-5)13-3-2-8(10,11)12/h4H,2-3H2,1H3,(H,13,14,15). The van der Waals surface area contributed by atoms with Crippen LogP contribution in [0.25, 0.3) is 0 Å². The molecular weight excluding hydrogens is 214 g/mol. The summed E-state index contributed by atoms with van der Waals surface area (Å²) in [4.78, 5) is 7.04. The molecule has 0 radical (unpaired) electrons. The van der Waals surface area contributed by atoms with Crippen LogP contribution >= 0.6 is 0 Å². The van der Waals surface area contributed by atoms with Gasteiger partial charge in [0, 0.05) is 6.54 Å². The normalized spacial score (nSPS) is 11.5. The van der Waals surface area contributed by atoms with E-state index in [0.717, 1.165) is 6.33 Å². The Labute approximate surface area is 83.5 Å². The average molecular weight is 223 g/mol. The molecule has 1 aromatic rings. The molecule has 1 aromatic heterocycles. The van der Waals surface area contributed by atoms with Gasteiger partial charge >= 0.3 is 6.18 Å². The lowest BCUT2D eigenvalue weighted by molar-refractivity contribution is -0.131. The highest BCUT2D eigenvalue weighted by Gasteiger charge is 2.26. The summed E-state index contributed by atoms with van der Waals surface area (Å²) in [6.07, 6.45) is -4.20. The Balaban J connectivity index is 2.55. The SMILES string of the molecule is Cc1ncnc(NCCC(F)(F)F)c1F. The maximum absolute atomic E-state index is 13.2. The van der Waals surface area contributed by atoms with Gasteiger partial charge in [0.15, 0.2) is 11.6 Å². The van der Waals surface area contributed by atoms with Crippen molar-refractivity contribution in [1.82, 2.24) is 9.97 Å². The second-order valence-electron chi connectivity index (χ2n) is 2.91. The molecule has 0 unspecified atom stereocenters. The predicted octanol–water partition coefficient (Wildman–Crippen LogP) is 2.29. The van der Waals surface area contributed by atoms with Crippen molar-refractivity contribution in [2.75, 3.05) is 11.9 Å². The van der Waals surface area contributed by atoms with Crippen LogP contribution in [0.15, 0.2) is 6.33 Å². The maximum Gasteiger partial charge on any atom is 0.390 e. The van der Waals surface area contributed by atoms with Crippen molar-refractivity contribution in [3.8, 4) is 0 Å². The summed E-state index contributed by atoms with van der Waals surface area (Å²) in [5.74, 6) is -0.925. The summed E-state index contributed by atoms with van der Waals surface area (Å²) in [5.41, 5.74) is 0.0968. The van der Waals surface area contributed by atoms with E-state index in [1.165, 1.54) is 6.92 Å². The fourth-order valence-electron chi connectivity index (χ4n) is 0.904. The molecule has 0 saturated carbocycles. The van der Waals surface area contributed by atoms with Gasteiger partial charge in [-0.1, -0.05) is 0 Å². The molecule has 0 bridgehead atoms. The molecule has 7 heteroatoms. The molecule has 0 fully saturated rings. The van der Waals surface area contributed by atoms with E-state index in [1.54, 1.807) is 0 Å². The Bertz CT molecular complexity index is 337. The molecule has 84 valence electrons. The fraction of sp³-hybridized carbons (Fsp3) is 0.500. The second kappa shape index (κ2) is 4.41. The molecule has 0 spiro atoms. The van der Waals surface area contributed by atoms with Crippen LogP contribution < -0.4 is 5.32 Å². The Morgan fingerprint density at radius 1 is 1.33 bits per heavy atom. The van der Waals surface area contributed by atoms with Crippen molar-refractivity contribution < 1.29 is 17.6 Å². The zero-order chi connectivity index (χ0) is 11.5. The largest absolute Gasteiger partial charge is 0.390 e. The Kier molecular flexibility index (Phi) is 3.43. The van der Waals surface area contributed by atoms with Gasteiger partial charge in [0.05, 0.1) is 12.1 Å². The van der Waals surface area contributed by atoms with Crippen LogP contribution in [0.2, 0.25) is 0 Å². The van der Waals surface area contributed by atoms with E-state index in [9.17, 15) is 17.6 Å². The summed E-state index contributed by atoms with van der Waals surface area (Å²) in [6, 6.07) is 0. The number of hydrogen-bond acceptors (Lipinski definition) is 3. The van der Waals surface area contributed by atoms with E-state index in [1.807, 2.05) is 0 Å². The Morgan fingerprint density at radius 2 is 2.00 bits per heavy atom. The number of nitrogens with one attached hydrogen (secondary N) is 1. The van der Waals surface area contributed by atoms with Gasteiger partial charge in [-0.05, 0) is 6.92 Å². The molecule has 1 rings (SSSR count). The van der Waals surface area contributed by atoms with Crippen LogP contribution in [-0.4, -0.2) is 22.7 Å². The lowest BCUT2D eigenvalue weighted by atomic mass is 10.3. The number of anilines is 1. The molecule has 1 heterocycles. The number of nitrogens with zero attached hydrogens (tertiary/aromatic N) is 2. The summed E-state index contributed by atoms with van der Waals surface area (Å²) in [5, 5.41) is 2.26. The number of halogens is 4. The summed E-state index contributed by atoms with van der Waals surface area (Å²) in [6.45, 7) is 1.00. The van der Waals surface area contributed by atoms with Gasteiger partial charge in [0.2, 0.25) is 0 Å². The van der Waals surface area contributed by atoms with E-state index in [2.05, 4.69) is 15.3 Å². The van der Waals surface area contributed by atoms with Gasteiger partial charge in [0.25, 0.3) is 0 Å². The zero-order valence-electron chi connectivity index (χ0n) is 7.90. The molecule has 0 aromatic carbocycles. The van der Waals surface area contributed by atoms with Crippen molar-refractivity contribution in [2.24, 2.45) is 0 Å². The third-order valence-corrected chi connectivity index (χ3v) is 1.66. The molecule has 0 amide bonds. The Hall–Kier alpha value is -1.40. The molecule has 15 heavy (non-hydrogen) atoms. The van der Waals surface area contributed by atoms with Gasteiger partial charge in [-0.2, -0.15) is 13.2 Å². The molecule has 0 aliphatic heterocycles. The van der Waals surface area contributed by atoms with Crippen LogP contribution in [-0.2, 0) is 0 Å². The van der Waals surface area contributed by atoms with Crippen molar-refractivity contribution in [1.29, 1.82) is 0 Å². The van der Waals surface area contributed by atoms with Gasteiger partial charge in [0.1, 0.15) is 6.33 Å². The maximum atomic E-state index is 13.2. The molecule has 3 nitrogen and oxygen atoms in total. The first-order valence-electron chi connectivity index (χ1n) is 4.18. The molecule has 0 saturated heterocycles. The third-order valence-electron chi connectivity index (χ3n) is 1.66.